The largest absolute Gasteiger partial charge is 0.383 e. The highest BCUT2D eigenvalue weighted by atomic mass is 35.5. The third-order valence-electron chi connectivity index (χ3n) is 4.07. The molecule has 1 N–H and O–H groups in total. The van der Waals surface area contributed by atoms with Crippen molar-refractivity contribution >= 4 is 27.5 Å². The minimum absolute atomic E-state index is 0.0363. The van der Waals surface area contributed by atoms with Gasteiger partial charge in [0.05, 0.1) is 11.6 Å². The van der Waals surface area contributed by atoms with Crippen LogP contribution in [-0.2, 0) is 14.8 Å². The molecule has 1 aromatic carbocycles. The first-order valence-corrected chi connectivity index (χ1v) is 9.85. The summed E-state index contributed by atoms with van der Waals surface area (Å²) in [4.78, 5) is 14.3. The predicted octanol–water partition coefficient (Wildman–Crippen LogP) is 1.04. The first kappa shape index (κ1) is 20.1. The van der Waals surface area contributed by atoms with Crippen LogP contribution in [0.5, 0.6) is 0 Å². The smallest absolute Gasteiger partial charge is 0.251 e. The van der Waals surface area contributed by atoms with Crippen molar-refractivity contribution in [1.29, 1.82) is 0 Å². The Morgan fingerprint density at radius 1 is 1.32 bits per heavy atom. The second kappa shape index (κ2) is 8.46. The second-order valence-corrected chi connectivity index (χ2v) is 8.50. The quantitative estimate of drug-likeness (QED) is 0.786. The first-order valence-electron chi connectivity index (χ1n) is 8.03. The fourth-order valence-corrected chi connectivity index (χ4v) is 4.53. The van der Waals surface area contributed by atoms with E-state index in [4.69, 9.17) is 16.3 Å². The molecule has 7 nitrogen and oxygen atoms in total. The number of nitrogens with zero attached hydrogens (tertiary/aromatic N) is 2. The molecule has 1 amide bonds. The zero-order chi connectivity index (χ0) is 18.6. The number of methoxy groups -OCH3 is 1. The van der Waals surface area contributed by atoms with Gasteiger partial charge in [-0.25, -0.2) is 8.42 Å². The molecule has 0 spiro atoms. The van der Waals surface area contributed by atoms with Crippen LogP contribution in [-0.4, -0.2) is 76.5 Å². The van der Waals surface area contributed by atoms with Crippen LogP contribution >= 0.6 is 11.6 Å². The lowest BCUT2D eigenvalue weighted by atomic mass is 10.2. The Morgan fingerprint density at radius 3 is 2.56 bits per heavy atom. The highest BCUT2D eigenvalue weighted by Gasteiger charge is 2.30. The predicted molar refractivity (Wildman–Crippen MR) is 96.5 cm³/mol. The van der Waals surface area contributed by atoms with Crippen LogP contribution in [0.4, 0.5) is 0 Å². The van der Waals surface area contributed by atoms with Crippen molar-refractivity contribution in [1.82, 2.24) is 14.5 Å². The van der Waals surface area contributed by atoms with Gasteiger partial charge in [-0.2, -0.15) is 4.31 Å². The summed E-state index contributed by atoms with van der Waals surface area (Å²) >= 11 is 6.12. The molecule has 1 aliphatic heterocycles. The van der Waals surface area contributed by atoms with Crippen molar-refractivity contribution in [3.63, 3.8) is 0 Å². The molecule has 1 heterocycles. The molecule has 9 heteroatoms. The lowest BCUT2D eigenvalue weighted by Gasteiger charge is -2.31. The van der Waals surface area contributed by atoms with E-state index < -0.39 is 10.0 Å². The fraction of sp³-hybridized carbons (Fsp3) is 0.562. The van der Waals surface area contributed by atoms with Crippen LogP contribution in [0.25, 0.3) is 0 Å². The number of amides is 1. The Bertz CT molecular complexity index is 718. The number of piperazine rings is 1. The van der Waals surface area contributed by atoms with Crippen molar-refractivity contribution in [3.05, 3.63) is 28.8 Å². The zero-order valence-corrected chi connectivity index (χ0v) is 16.2. The standard InChI is InChI=1S/C16H24ClN3O4S/c1-12(11-24-3)18-16(21)13-4-5-14(17)15(10-13)25(22,23)20-8-6-19(2)7-9-20/h4-5,10,12H,6-9,11H2,1-3H3,(H,18,21). The molecule has 1 fully saturated rings. The Labute approximate surface area is 153 Å². The van der Waals surface area contributed by atoms with E-state index in [1.807, 2.05) is 7.05 Å². The summed E-state index contributed by atoms with van der Waals surface area (Å²) in [5.74, 6) is -0.365. The van der Waals surface area contributed by atoms with Crippen molar-refractivity contribution < 1.29 is 17.9 Å². The minimum Gasteiger partial charge on any atom is -0.383 e. The van der Waals surface area contributed by atoms with Gasteiger partial charge < -0.3 is 15.0 Å². The van der Waals surface area contributed by atoms with E-state index in [0.717, 1.165) is 0 Å². The van der Waals surface area contributed by atoms with Gasteiger partial charge in [-0.15, -0.1) is 0 Å². The van der Waals surface area contributed by atoms with Gasteiger partial charge in [0.1, 0.15) is 4.90 Å². The third kappa shape index (κ3) is 4.92. The minimum atomic E-state index is -3.74. The third-order valence-corrected chi connectivity index (χ3v) is 6.45. The average Bonchev–Trinajstić information content (AvgIpc) is 2.55. The maximum atomic E-state index is 12.9. The molecule has 1 unspecified atom stereocenters. The number of rotatable bonds is 6. The SMILES string of the molecule is COCC(C)NC(=O)c1ccc(Cl)c(S(=O)(=O)N2CCN(C)CC2)c1. The summed E-state index contributed by atoms with van der Waals surface area (Å²) in [5, 5.41) is 2.87. The Morgan fingerprint density at radius 2 is 1.96 bits per heavy atom. The zero-order valence-electron chi connectivity index (χ0n) is 14.7. The molecular formula is C16H24ClN3O4S. The number of likely N-dealkylation sites (N-methyl/N-ethyl adjacent to an activating group) is 1. The Hall–Kier alpha value is -1.19. The summed E-state index contributed by atoms with van der Waals surface area (Å²) < 4.78 is 32.2. The van der Waals surface area contributed by atoms with Crippen molar-refractivity contribution in [3.8, 4) is 0 Å². The average molecular weight is 390 g/mol. The summed E-state index contributed by atoms with van der Waals surface area (Å²) in [6.07, 6.45) is 0. The molecule has 0 bridgehead atoms. The summed E-state index contributed by atoms with van der Waals surface area (Å²) in [6, 6.07) is 4.11. The normalized spacial score (nSPS) is 18.1. The van der Waals surface area contributed by atoms with Crippen LogP contribution in [0.15, 0.2) is 23.1 Å². The molecule has 0 saturated carbocycles. The van der Waals surface area contributed by atoms with E-state index in [2.05, 4.69) is 10.2 Å². The van der Waals surface area contributed by atoms with Gasteiger partial charge in [-0.1, -0.05) is 11.6 Å². The number of sulfonamides is 1. The lowest BCUT2D eigenvalue weighted by molar-refractivity contribution is 0.0905. The summed E-state index contributed by atoms with van der Waals surface area (Å²) in [7, 11) is -0.246. The fourth-order valence-electron chi connectivity index (χ4n) is 2.61. The lowest BCUT2D eigenvalue weighted by Crippen LogP contribution is -2.47. The maximum absolute atomic E-state index is 12.9. The van der Waals surface area contributed by atoms with Crippen LogP contribution in [0, 0.1) is 0 Å². The van der Waals surface area contributed by atoms with Gasteiger partial charge in [0, 0.05) is 44.9 Å². The van der Waals surface area contributed by atoms with E-state index in [1.54, 1.807) is 14.0 Å². The molecule has 140 valence electrons. The molecule has 25 heavy (non-hydrogen) atoms. The number of carbonyl (C=O) groups is 1. The number of halogens is 1. The molecule has 1 aliphatic rings. The van der Waals surface area contributed by atoms with E-state index in [0.29, 0.717) is 32.8 Å². The van der Waals surface area contributed by atoms with E-state index in [-0.39, 0.29) is 27.4 Å². The highest BCUT2D eigenvalue weighted by molar-refractivity contribution is 7.89. The van der Waals surface area contributed by atoms with E-state index >= 15 is 0 Å². The molecule has 1 aromatic rings. The number of hydrogen-bond donors (Lipinski definition) is 1. The summed E-state index contributed by atoms with van der Waals surface area (Å²) in [6.45, 7) is 4.29. The van der Waals surface area contributed by atoms with Gasteiger partial charge in [-0.3, -0.25) is 4.79 Å². The second-order valence-electron chi connectivity index (χ2n) is 6.18. The van der Waals surface area contributed by atoms with Gasteiger partial charge in [0.2, 0.25) is 10.0 Å². The van der Waals surface area contributed by atoms with Gasteiger partial charge in [0.15, 0.2) is 0 Å². The van der Waals surface area contributed by atoms with Crippen LogP contribution < -0.4 is 5.32 Å². The first-order chi connectivity index (χ1) is 11.8. The molecule has 0 aromatic heterocycles. The highest BCUT2D eigenvalue weighted by Crippen LogP contribution is 2.26. The van der Waals surface area contributed by atoms with Gasteiger partial charge in [0.25, 0.3) is 5.91 Å². The number of nitrogens with one attached hydrogen (secondary N) is 1. The van der Waals surface area contributed by atoms with Crippen molar-refractivity contribution in [2.75, 3.05) is 46.9 Å². The molecule has 0 aliphatic carbocycles. The molecule has 1 saturated heterocycles. The number of ether oxygens (including phenoxy) is 1. The number of benzene rings is 1. The maximum Gasteiger partial charge on any atom is 0.251 e. The van der Waals surface area contributed by atoms with Crippen LogP contribution in [0.2, 0.25) is 5.02 Å². The molecule has 0 radical (unpaired) electrons. The monoisotopic (exact) mass is 389 g/mol. The van der Waals surface area contributed by atoms with Crippen molar-refractivity contribution in [2.24, 2.45) is 0 Å². The van der Waals surface area contributed by atoms with E-state index in [1.165, 1.54) is 22.5 Å². The molecule has 2 rings (SSSR count). The molecule has 1 atom stereocenters. The molecular weight excluding hydrogens is 366 g/mol. The van der Waals surface area contributed by atoms with Gasteiger partial charge >= 0.3 is 0 Å². The number of hydrogen-bond acceptors (Lipinski definition) is 5. The van der Waals surface area contributed by atoms with E-state index in [9.17, 15) is 13.2 Å². The Kier molecular flexibility index (Phi) is 6.81. The Balaban J connectivity index is 2.25. The van der Waals surface area contributed by atoms with Crippen LogP contribution in [0.3, 0.4) is 0 Å². The van der Waals surface area contributed by atoms with Gasteiger partial charge in [-0.05, 0) is 32.2 Å². The van der Waals surface area contributed by atoms with Crippen LogP contribution in [0.1, 0.15) is 17.3 Å². The number of carbonyl (C=O) groups excluding carboxylic acids is 1. The van der Waals surface area contributed by atoms with Crippen molar-refractivity contribution in [2.45, 2.75) is 17.9 Å². The summed E-state index contributed by atoms with van der Waals surface area (Å²) in [5.41, 5.74) is 0.250. The topological polar surface area (TPSA) is 78.9 Å².